The predicted molar refractivity (Wildman–Crippen MR) is 130 cm³/mol. The Hall–Kier alpha value is -3.27. The molecule has 3 rings (SSSR count). The second-order valence-corrected chi connectivity index (χ2v) is 8.86. The van der Waals surface area contributed by atoms with Gasteiger partial charge in [0.15, 0.2) is 11.5 Å². The van der Waals surface area contributed by atoms with Crippen LogP contribution in [0.2, 0.25) is 0 Å². The minimum absolute atomic E-state index is 0.0496. The van der Waals surface area contributed by atoms with Crippen molar-refractivity contribution in [2.45, 2.75) is 26.8 Å². The van der Waals surface area contributed by atoms with Crippen LogP contribution in [0.1, 0.15) is 32.4 Å². The molecule has 2 aliphatic heterocycles. The molecule has 1 atom stereocenters. The number of ether oxygens (including phenoxy) is 3. The number of rotatable bonds is 8. The van der Waals surface area contributed by atoms with Crippen molar-refractivity contribution in [3.63, 3.8) is 0 Å². The molecule has 0 aliphatic carbocycles. The van der Waals surface area contributed by atoms with E-state index < -0.39 is 12.0 Å². The molecule has 0 unspecified atom stereocenters. The van der Waals surface area contributed by atoms with Crippen molar-refractivity contribution in [3.05, 3.63) is 35.0 Å². The van der Waals surface area contributed by atoms with Gasteiger partial charge in [-0.15, -0.1) is 0 Å². The van der Waals surface area contributed by atoms with E-state index in [1.165, 1.54) is 19.1 Å². The first-order chi connectivity index (χ1) is 16.7. The number of carbonyl (C=O) groups is 3. The summed E-state index contributed by atoms with van der Waals surface area (Å²) in [6.45, 7) is 8.58. The highest BCUT2D eigenvalue weighted by Gasteiger charge is 2.39. The lowest BCUT2D eigenvalue weighted by Crippen LogP contribution is -2.53. The molecule has 3 amide bonds. The fourth-order valence-electron chi connectivity index (χ4n) is 4.47. The van der Waals surface area contributed by atoms with Crippen molar-refractivity contribution >= 4 is 17.9 Å². The van der Waals surface area contributed by atoms with Crippen LogP contribution in [0.15, 0.2) is 29.5 Å². The lowest BCUT2D eigenvalue weighted by atomic mass is 9.93. The second-order valence-electron chi connectivity index (χ2n) is 8.86. The first kappa shape index (κ1) is 26.3. The third-order valence-electron chi connectivity index (χ3n) is 6.37. The van der Waals surface area contributed by atoms with E-state index in [9.17, 15) is 14.4 Å². The molecule has 1 saturated heterocycles. The van der Waals surface area contributed by atoms with Gasteiger partial charge in [0.2, 0.25) is 5.91 Å². The molecule has 0 aromatic heterocycles. The zero-order valence-electron chi connectivity index (χ0n) is 21.4. The number of likely N-dealkylation sites (N-methyl/N-ethyl adjacent to an activating group) is 1. The highest BCUT2D eigenvalue weighted by Crippen LogP contribution is 2.40. The summed E-state index contributed by atoms with van der Waals surface area (Å²) in [5.41, 5.74) is 1.51. The van der Waals surface area contributed by atoms with Gasteiger partial charge in [-0.3, -0.25) is 14.6 Å². The summed E-state index contributed by atoms with van der Waals surface area (Å²) in [6, 6.07) is 4.23. The Morgan fingerprint density at radius 1 is 1.11 bits per heavy atom. The second kappa shape index (κ2) is 11.4. The standard InChI is InChI=1S/C25H36N4O6/c1-7-35-24(31)20-18(15-28-11-13-29(14-12-28)23(30)16(2)3)27(4)25(32)26-21(20)17-9-8-10-19(33-5)22(17)34-6/h8-10,16,21H,7,11-15H2,1-6H3,(H,26,32)/t21-/m0/s1. The third kappa shape index (κ3) is 5.53. The van der Waals surface area contributed by atoms with E-state index in [0.717, 1.165) is 0 Å². The number of esters is 1. The number of nitrogens with zero attached hydrogens (tertiary/aromatic N) is 3. The molecular formula is C25H36N4O6. The van der Waals surface area contributed by atoms with Gasteiger partial charge in [-0.05, 0) is 13.0 Å². The van der Waals surface area contributed by atoms with Crippen molar-refractivity contribution in [1.29, 1.82) is 0 Å². The highest BCUT2D eigenvalue weighted by atomic mass is 16.5. The summed E-state index contributed by atoms with van der Waals surface area (Å²) < 4.78 is 16.5. The summed E-state index contributed by atoms with van der Waals surface area (Å²) in [4.78, 5) is 44.1. The molecule has 1 aromatic rings. The number of methoxy groups -OCH3 is 2. The molecule has 192 valence electrons. The maximum atomic E-state index is 13.3. The topological polar surface area (TPSA) is 101 Å². The van der Waals surface area contributed by atoms with Crippen LogP contribution in [-0.4, -0.2) is 93.2 Å². The Balaban J connectivity index is 2.00. The smallest absolute Gasteiger partial charge is 0.338 e. The number of benzene rings is 1. The molecule has 35 heavy (non-hydrogen) atoms. The molecule has 2 aliphatic rings. The molecule has 0 saturated carbocycles. The van der Waals surface area contributed by atoms with E-state index >= 15 is 0 Å². The Labute approximate surface area is 206 Å². The quantitative estimate of drug-likeness (QED) is 0.559. The van der Waals surface area contributed by atoms with Crippen LogP contribution in [0.3, 0.4) is 0 Å². The van der Waals surface area contributed by atoms with Crippen LogP contribution < -0.4 is 14.8 Å². The van der Waals surface area contributed by atoms with E-state index in [1.807, 2.05) is 18.7 Å². The number of amides is 3. The van der Waals surface area contributed by atoms with Crippen LogP contribution in [0, 0.1) is 5.92 Å². The van der Waals surface area contributed by atoms with E-state index in [0.29, 0.717) is 61.1 Å². The molecular weight excluding hydrogens is 452 g/mol. The van der Waals surface area contributed by atoms with E-state index in [1.54, 1.807) is 32.2 Å². The Morgan fingerprint density at radius 3 is 2.37 bits per heavy atom. The van der Waals surface area contributed by atoms with Gasteiger partial charge >= 0.3 is 12.0 Å². The largest absolute Gasteiger partial charge is 0.493 e. The SMILES string of the molecule is CCOC(=O)C1=C(CN2CCN(C(=O)C(C)C)CC2)N(C)C(=O)N[C@H]1c1cccc(OC)c1OC. The van der Waals surface area contributed by atoms with Gasteiger partial charge < -0.3 is 24.4 Å². The molecule has 10 heteroatoms. The van der Waals surface area contributed by atoms with E-state index in [-0.39, 0.29) is 24.5 Å². The molecule has 0 bridgehead atoms. The van der Waals surface area contributed by atoms with Gasteiger partial charge in [0, 0.05) is 56.9 Å². The van der Waals surface area contributed by atoms with Gasteiger partial charge in [0.05, 0.1) is 32.4 Å². The number of para-hydroxylation sites is 1. The number of urea groups is 1. The minimum atomic E-state index is -0.776. The van der Waals surface area contributed by atoms with Crippen molar-refractivity contribution < 1.29 is 28.6 Å². The van der Waals surface area contributed by atoms with Crippen molar-refractivity contribution in [2.75, 3.05) is 60.6 Å². The minimum Gasteiger partial charge on any atom is -0.493 e. The number of hydrogen-bond acceptors (Lipinski definition) is 7. The highest BCUT2D eigenvalue weighted by molar-refractivity contribution is 5.95. The Morgan fingerprint density at radius 2 is 1.80 bits per heavy atom. The van der Waals surface area contributed by atoms with Gasteiger partial charge in [-0.2, -0.15) is 0 Å². The molecule has 1 fully saturated rings. The van der Waals surface area contributed by atoms with Crippen LogP contribution in [0.4, 0.5) is 4.79 Å². The molecule has 10 nitrogen and oxygen atoms in total. The first-order valence-electron chi connectivity index (χ1n) is 11.9. The average molecular weight is 489 g/mol. The summed E-state index contributed by atoms with van der Waals surface area (Å²) in [7, 11) is 4.69. The van der Waals surface area contributed by atoms with Gasteiger partial charge in [-0.1, -0.05) is 26.0 Å². The number of hydrogen-bond donors (Lipinski definition) is 1. The van der Waals surface area contributed by atoms with Crippen molar-refractivity contribution in [3.8, 4) is 11.5 Å². The number of nitrogens with one attached hydrogen (secondary N) is 1. The summed E-state index contributed by atoms with van der Waals surface area (Å²) in [5.74, 6) is 0.514. The van der Waals surface area contributed by atoms with Gasteiger partial charge in [-0.25, -0.2) is 9.59 Å². The zero-order chi connectivity index (χ0) is 25.7. The fourth-order valence-corrected chi connectivity index (χ4v) is 4.47. The van der Waals surface area contributed by atoms with E-state index in [2.05, 4.69) is 10.2 Å². The normalized spacial score (nSPS) is 19.1. The molecule has 1 aromatic carbocycles. The summed E-state index contributed by atoms with van der Waals surface area (Å²) in [6.07, 6.45) is 0. The van der Waals surface area contributed by atoms with Crippen LogP contribution in [0.25, 0.3) is 0 Å². The third-order valence-corrected chi connectivity index (χ3v) is 6.37. The summed E-state index contributed by atoms with van der Waals surface area (Å²) >= 11 is 0. The lowest BCUT2D eigenvalue weighted by molar-refractivity contribution is -0.139. The first-order valence-corrected chi connectivity index (χ1v) is 11.9. The van der Waals surface area contributed by atoms with E-state index in [4.69, 9.17) is 14.2 Å². The maximum Gasteiger partial charge on any atom is 0.338 e. The Bertz CT molecular complexity index is 984. The maximum absolute atomic E-state index is 13.3. The summed E-state index contributed by atoms with van der Waals surface area (Å²) in [5, 5.41) is 2.92. The predicted octanol–water partition coefficient (Wildman–Crippen LogP) is 2.02. The van der Waals surface area contributed by atoms with Crippen LogP contribution in [-0.2, 0) is 14.3 Å². The van der Waals surface area contributed by atoms with Crippen molar-refractivity contribution in [2.24, 2.45) is 5.92 Å². The molecule has 0 radical (unpaired) electrons. The van der Waals surface area contributed by atoms with Gasteiger partial charge in [0.1, 0.15) is 0 Å². The fraction of sp³-hybridized carbons (Fsp3) is 0.560. The number of carbonyl (C=O) groups excluding carboxylic acids is 3. The van der Waals surface area contributed by atoms with Crippen LogP contribution in [0.5, 0.6) is 11.5 Å². The van der Waals surface area contributed by atoms with Gasteiger partial charge in [0.25, 0.3) is 0 Å². The Kier molecular flexibility index (Phi) is 8.61. The van der Waals surface area contributed by atoms with Crippen LogP contribution >= 0.6 is 0 Å². The molecule has 2 heterocycles. The molecule has 0 spiro atoms. The lowest BCUT2D eigenvalue weighted by Gasteiger charge is -2.40. The molecule has 1 N–H and O–H groups in total. The number of piperazine rings is 1. The van der Waals surface area contributed by atoms with Crippen molar-refractivity contribution in [1.82, 2.24) is 20.0 Å². The monoisotopic (exact) mass is 488 g/mol. The average Bonchev–Trinajstić information content (AvgIpc) is 2.86. The zero-order valence-corrected chi connectivity index (χ0v) is 21.4.